The molecule has 0 N–H and O–H groups in total. The minimum absolute atomic E-state index is 0.494. The summed E-state index contributed by atoms with van der Waals surface area (Å²) >= 11 is 0. The van der Waals surface area contributed by atoms with Gasteiger partial charge in [-0.25, -0.2) is 0 Å². The summed E-state index contributed by atoms with van der Waals surface area (Å²) in [4.78, 5) is 3.33. The maximum Gasteiger partial charge on any atom is 0.255 e. The Morgan fingerprint density at radius 1 is 1.38 bits per heavy atom. The van der Waals surface area contributed by atoms with Crippen LogP contribution in [0.15, 0.2) is 24.3 Å². The van der Waals surface area contributed by atoms with Gasteiger partial charge >= 0.3 is 0 Å². The average Bonchev–Trinajstić information content (AvgIpc) is 2.59. The third kappa shape index (κ3) is 1.11. The van der Waals surface area contributed by atoms with Gasteiger partial charge in [-0.3, -0.25) is 0 Å². The third-order valence-corrected chi connectivity index (χ3v) is 1.78. The summed E-state index contributed by atoms with van der Waals surface area (Å²) in [6, 6.07) is 7.21. The molecule has 0 aromatic carbocycles. The van der Waals surface area contributed by atoms with Crippen LogP contribution in [0.4, 0.5) is 5.82 Å². The Morgan fingerprint density at radius 2 is 2.15 bits per heavy atom. The minimum Gasteiger partial charge on any atom is -0.479 e. The fraction of sp³-hybridized carbons (Fsp3) is 0.111. The first-order valence-corrected chi connectivity index (χ1v) is 3.75. The zero-order valence-corrected chi connectivity index (χ0v) is 7.06. The first-order chi connectivity index (χ1) is 6.35. The molecule has 13 heavy (non-hydrogen) atoms. The van der Waals surface area contributed by atoms with Crippen LogP contribution in [0.2, 0.25) is 0 Å². The van der Waals surface area contributed by atoms with Crippen molar-refractivity contribution in [3.8, 4) is 5.88 Å². The molecule has 64 valence electrons. The van der Waals surface area contributed by atoms with Crippen LogP contribution in [0.25, 0.3) is 10.4 Å². The first-order valence-electron chi connectivity index (χ1n) is 3.75. The summed E-state index contributed by atoms with van der Waals surface area (Å²) < 4.78 is 6.52. The molecule has 0 fully saturated rings. The van der Waals surface area contributed by atoms with E-state index in [0.717, 1.165) is 5.52 Å². The van der Waals surface area contributed by atoms with Crippen LogP contribution in [0.5, 0.6) is 5.88 Å². The quantitative estimate of drug-likeness (QED) is 0.616. The van der Waals surface area contributed by atoms with Gasteiger partial charge in [0.25, 0.3) is 11.7 Å². The van der Waals surface area contributed by atoms with Crippen LogP contribution in [0.1, 0.15) is 0 Å². The van der Waals surface area contributed by atoms with Crippen LogP contribution in [0, 0.1) is 6.57 Å². The highest BCUT2D eigenvalue weighted by Gasteiger charge is 2.04. The number of ether oxygens (including phenoxy) is 1. The van der Waals surface area contributed by atoms with Crippen molar-refractivity contribution in [1.82, 2.24) is 9.61 Å². The molecule has 4 nitrogen and oxygen atoms in total. The molecule has 0 radical (unpaired) electrons. The normalized spacial score (nSPS) is 9.85. The lowest BCUT2D eigenvalue weighted by molar-refractivity contribution is 0.390. The molecule has 2 heterocycles. The summed E-state index contributed by atoms with van der Waals surface area (Å²) in [6.45, 7) is 6.89. The highest BCUT2D eigenvalue weighted by atomic mass is 16.5. The number of hydrogen-bond acceptors (Lipinski definition) is 2. The summed E-state index contributed by atoms with van der Waals surface area (Å²) in [5, 5.41) is 4.11. The van der Waals surface area contributed by atoms with Gasteiger partial charge in [0.15, 0.2) is 0 Å². The van der Waals surface area contributed by atoms with E-state index in [1.165, 1.54) is 0 Å². The smallest absolute Gasteiger partial charge is 0.255 e. The van der Waals surface area contributed by atoms with Crippen molar-refractivity contribution in [3.05, 3.63) is 35.7 Å². The van der Waals surface area contributed by atoms with Crippen molar-refractivity contribution in [3.63, 3.8) is 0 Å². The van der Waals surface area contributed by atoms with Gasteiger partial charge in [-0.15, -0.1) is 0 Å². The van der Waals surface area contributed by atoms with Gasteiger partial charge < -0.3 is 9.58 Å². The molecule has 0 aliphatic rings. The molecule has 0 amide bonds. The average molecular weight is 173 g/mol. The van der Waals surface area contributed by atoms with Crippen molar-refractivity contribution in [1.29, 1.82) is 0 Å². The molecule has 0 spiro atoms. The van der Waals surface area contributed by atoms with Crippen molar-refractivity contribution < 1.29 is 4.74 Å². The minimum atomic E-state index is 0.494. The number of nitrogens with zero attached hydrogens (tertiary/aromatic N) is 3. The molecule has 0 aliphatic carbocycles. The summed E-state index contributed by atoms with van der Waals surface area (Å²) in [6.07, 6.45) is 0. The van der Waals surface area contributed by atoms with E-state index < -0.39 is 0 Å². The van der Waals surface area contributed by atoms with Crippen LogP contribution in [-0.2, 0) is 0 Å². The lowest BCUT2D eigenvalue weighted by atomic mass is 10.4. The molecule has 2 rings (SSSR count). The number of methoxy groups -OCH3 is 1. The lowest BCUT2D eigenvalue weighted by Crippen LogP contribution is -1.93. The molecule has 2 aromatic heterocycles. The molecule has 0 aliphatic heterocycles. The number of fused-ring (bicyclic) bond motifs is 1. The van der Waals surface area contributed by atoms with Gasteiger partial charge in [0, 0.05) is 6.07 Å². The number of aromatic nitrogens is 2. The summed E-state index contributed by atoms with van der Waals surface area (Å²) in [5.41, 5.74) is 0.895. The Morgan fingerprint density at radius 3 is 2.85 bits per heavy atom. The van der Waals surface area contributed by atoms with Crippen LogP contribution >= 0.6 is 0 Å². The second kappa shape index (κ2) is 2.79. The van der Waals surface area contributed by atoms with Gasteiger partial charge in [0.05, 0.1) is 7.11 Å². The summed E-state index contributed by atoms with van der Waals surface area (Å²) in [5.74, 6) is 1.00. The Labute approximate surface area is 75.2 Å². The van der Waals surface area contributed by atoms with Gasteiger partial charge in [0.1, 0.15) is 5.52 Å². The molecule has 2 aromatic rings. The molecule has 0 saturated carbocycles. The monoisotopic (exact) mass is 173 g/mol. The third-order valence-electron chi connectivity index (χ3n) is 1.78. The zero-order chi connectivity index (χ0) is 9.26. The van der Waals surface area contributed by atoms with E-state index in [0.29, 0.717) is 11.7 Å². The van der Waals surface area contributed by atoms with Crippen molar-refractivity contribution in [2.75, 3.05) is 7.11 Å². The van der Waals surface area contributed by atoms with E-state index in [1.54, 1.807) is 23.8 Å². The maximum absolute atomic E-state index is 6.89. The number of rotatable bonds is 1. The largest absolute Gasteiger partial charge is 0.479 e. The van der Waals surface area contributed by atoms with Gasteiger partial charge in [0.2, 0.25) is 0 Å². The Kier molecular flexibility index (Phi) is 1.64. The highest BCUT2D eigenvalue weighted by molar-refractivity contribution is 5.57. The topological polar surface area (TPSA) is 30.9 Å². The SMILES string of the molecule is [C-]#[N+]c1ccc2ccc(OC)nn12. The van der Waals surface area contributed by atoms with E-state index in [2.05, 4.69) is 9.94 Å². The predicted molar refractivity (Wildman–Crippen MR) is 48.0 cm³/mol. The van der Waals surface area contributed by atoms with Crippen LogP contribution < -0.4 is 4.74 Å². The molecule has 4 heteroatoms. The Hall–Kier alpha value is -2.02. The zero-order valence-electron chi connectivity index (χ0n) is 7.06. The van der Waals surface area contributed by atoms with Crippen LogP contribution in [-0.4, -0.2) is 16.7 Å². The van der Waals surface area contributed by atoms with Gasteiger partial charge in [-0.1, -0.05) is 11.7 Å². The van der Waals surface area contributed by atoms with E-state index in [-0.39, 0.29) is 0 Å². The van der Waals surface area contributed by atoms with Crippen LogP contribution in [0.3, 0.4) is 0 Å². The number of hydrogen-bond donors (Lipinski definition) is 0. The summed E-state index contributed by atoms with van der Waals surface area (Å²) in [7, 11) is 1.55. The van der Waals surface area contributed by atoms with Crippen molar-refractivity contribution in [2.24, 2.45) is 0 Å². The second-order valence-electron chi connectivity index (χ2n) is 2.52. The van der Waals surface area contributed by atoms with E-state index >= 15 is 0 Å². The fourth-order valence-corrected chi connectivity index (χ4v) is 1.15. The standard InChI is InChI=1S/C9H7N3O/c1-10-8-5-3-7-4-6-9(13-2)11-12(7)8/h3-6H,2H3. The van der Waals surface area contributed by atoms with E-state index in [4.69, 9.17) is 11.3 Å². The Bertz CT molecular complexity index is 481. The second-order valence-corrected chi connectivity index (χ2v) is 2.52. The first kappa shape index (κ1) is 7.62. The van der Waals surface area contributed by atoms with E-state index in [1.807, 2.05) is 12.1 Å². The highest BCUT2D eigenvalue weighted by Crippen LogP contribution is 2.18. The molecular formula is C9H7N3O. The molecule has 0 atom stereocenters. The lowest BCUT2D eigenvalue weighted by Gasteiger charge is -1.96. The van der Waals surface area contributed by atoms with E-state index in [9.17, 15) is 0 Å². The van der Waals surface area contributed by atoms with Gasteiger partial charge in [-0.2, -0.15) is 4.52 Å². The predicted octanol–water partition coefficient (Wildman–Crippen LogP) is 1.89. The molecule has 0 unspecified atom stereocenters. The molecule has 0 bridgehead atoms. The maximum atomic E-state index is 6.89. The Balaban J connectivity index is 2.73. The molecular weight excluding hydrogens is 166 g/mol. The fourth-order valence-electron chi connectivity index (χ4n) is 1.15. The van der Waals surface area contributed by atoms with Crippen molar-refractivity contribution >= 4 is 11.3 Å². The molecule has 0 saturated heterocycles. The van der Waals surface area contributed by atoms with Crippen molar-refractivity contribution in [2.45, 2.75) is 0 Å². The van der Waals surface area contributed by atoms with Gasteiger partial charge in [-0.05, 0) is 18.2 Å².